The fourth-order valence-electron chi connectivity index (χ4n) is 0.976. The van der Waals surface area contributed by atoms with Crippen LogP contribution in [0.1, 0.15) is 27.2 Å². The van der Waals surface area contributed by atoms with Crippen LogP contribution in [0, 0.1) is 5.41 Å². The molecule has 1 aromatic heterocycles. The molecule has 5 nitrogen and oxygen atoms in total. The first-order chi connectivity index (χ1) is 7.07. The molecule has 0 atom stereocenters. The maximum atomic E-state index is 5.25. The molecule has 1 aromatic rings. The van der Waals surface area contributed by atoms with E-state index in [9.17, 15) is 0 Å². The van der Waals surface area contributed by atoms with Gasteiger partial charge < -0.3 is 10.7 Å². The van der Waals surface area contributed by atoms with Crippen LogP contribution in [0.2, 0.25) is 0 Å². The first-order valence-corrected chi connectivity index (χ1v) is 5.10. The molecule has 0 spiro atoms. The van der Waals surface area contributed by atoms with E-state index in [1.165, 1.54) is 0 Å². The van der Waals surface area contributed by atoms with E-state index in [1.807, 2.05) is 0 Å². The molecule has 0 aliphatic heterocycles. The number of anilines is 2. The lowest BCUT2D eigenvalue weighted by atomic mass is 9.90. The Morgan fingerprint density at radius 2 is 2.00 bits per heavy atom. The molecule has 0 bridgehead atoms. The number of rotatable bonds is 5. The average molecular weight is 209 g/mol. The summed E-state index contributed by atoms with van der Waals surface area (Å²) in [5.74, 6) is 6.55. The van der Waals surface area contributed by atoms with E-state index in [0.29, 0.717) is 5.82 Å². The lowest BCUT2D eigenvalue weighted by Gasteiger charge is -2.23. The highest BCUT2D eigenvalue weighted by Gasteiger charge is 2.14. The van der Waals surface area contributed by atoms with Gasteiger partial charge >= 0.3 is 0 Å². The van der Waals surface area contributed by atoms with Crippen LogP contribution < -0.4 is 16.6 Å². The van der Waals surface area contributed by atoms with Gasteiger partial charge in [0.2, 0.25) is 0 Å². The van der Waals surface area contributed by atoms with Crippen LogP contribution in [0.5, 0.6) is 0 Å². The summed E-state index contributed by atoms with van der Waals surface area (Å²) in [5, 5.41) is 3.24. The first-order valence-electron chi connectivity index (χ1n) is 5.10. The van der Waals surface area contributed by atoms with Gasteiger partial charge in [-0.15, -0.1) is 0 Å². The first kappa shape index (κ1) is 11.7. The van der Waals surface area contributed by atoms with Gasteiger partial charge in [-0.1, -0.05) is 20.8 Å². The van der Waals surface area contributed by atoms with Crippen molar-refractivity contribution in [2.24, 2.45) is 11.3 Å². The smallest absolute Gasteiger partial charge is 0.160 e. The Hall–Kier alpha value is -1.36. The van der Waals surface area contributed by atoms with Crippen LogP contribution in [-0.2, 0) is 0 Å². The molecule has 0 amide bonds. The third kappa shape index (κ3) is 3.71. The summed E-state index contributed by atoms with van der Waals surface area (Å²) in [4.78, 5) is 8.23. The summed E-state index contributed by atoms with van der Waals surface area (Å²) >= 11 is 0. The monoisotopic (exact) mass is 209 g/mol. The zero-order valence-electron chi connectivity index (χ0n) is 9.54. The SMILES string of the molecule is CCC(C)(C)CNc1cncc(NN)n1. The van der Waals surface area contributed by atoms with Crippen molar-refractivity contribution >= 4 is 11.6 Å². The Kier molecular flexibility index (Phi) is 3.85. The Balaban J connectivity index is 2.57. The van der Waals surface area contributed by atoms with E-state index in [1.54, 1.807) is 12.4 Å². The van der Waals surface area contributed by atoms with Crippen LogP contribution in [0.25, 0.3) is 0 Å². The number of nitrogens with one attached hydrogen (secondary N) is 2. The summed E-state index contributed by atoms with van der Waals surface area (Å²) in [5.41, 5.74) is 2.72. The molecule has 1 heterocycles. The Morgan fingerprint density at radius 1 is 1.33 bits per heavy atom. The molecule has 0 aliphatic carbocycles. The van der Waals surface area contributed by atoms with Crippen LogP contribution in [0.4, 0.5) is 11.6 Å². The highest BCUT2D eigenvalue weighted by Crippen LogP contribution is 2.19. The number of nitrogens with two attached hydrogens (primary N) is 1. The van der Waals surface area contributed by atoms with Crippen molar-refractivity contribution in [1.82, 2.24) is 9.97 Å². The quantitative estimate of drug-likeness (QED) is 0.507. The van der Waals surface area contributed by atoms with Gasteiger partial charge in [0.1, 0.15) is 5.82 Å². The van der Waals surface area contributed by atoms with Crippen molar-refractivity contribution in [2.45, 2.75) is 27.2 Å². The van der Waals surface area contributed by atoms with Crippen molar-refractivity contribution < 1.29 is 0 Å². The summed E-state index contributed by atoms with van der Waals surface area (Å²) in [6.07, 6.45) is 4.38. The normalized spacial score (nSPS) is 11.2. The van der Waals surface area contributed by atoms with Gasteiger partial charge in [-0.3, -0.25) is 4.98 Å². The van der Waals surface area contributed by atoms with Crippen molar-refractivity contribution in [3.8, 4) is 0 Å². The van der Waals surface area contributed by atoms with E-state index in [4.69, 9.17) is 5.84 Å². The van der Waals surface area contributed by atoms with Crippen molar-refractivity contribution in [3.63, 3.8) is 0 Å². The molecule has 0 unspecified atom stereocenters. The Labute approximate surface area is 90.5 Å². The number of hydrogen-bond acceptors (Lipinski definition) is 5. The lowest BCUT2D eigenvalue weighted by molar-refractivity contribution is 0.376. The molecule has 0 aliphatic rings. The number of hydrazine groups is 1. The van der Waals surface area contributed by atoms with Crippen LogP contribution in [-0.4, -0.2) is 16.5 Å². The topological polar surface area (TPSA) is 75.9 Å². The molecule has 0 radical (unpaired) electrons. The molecule has 0 fully saturated rings. The van der Waals surface area contributed by atoms with E-state index >= 15 is 0 Å². The van der Waals surface area contributed by atoms with Crippen LogP contribution in [0.15, 0.2) is 12.4 Å². The van der Waals surface area contributed by atoms with Gasteiger partial charge in [-0.25, -0.2) is 10.8 Å². The minimum Gasteiger partial charge on any atom is -0.368 e. The van der Waals surface area contributed by atoms with Crippen LogP contribution in [0.3, 0.4) is 0 Å². The Bertz CT molecular complexity index is 310. The third-order valence-corrected chi connectivity index (χ3v) is 2.49. The minimum absolute atomic E-state index is 0.258. The molecule has 0 aromatic carbocycles. The predicted molar refractivity (Wildman–Crippen MR) is 62.4 cm³/mol. The fraction of sp³-hybridized carbons (Fsp3) is 0.600. The fourth-order valence-corrected chi connectivity index (χ4v) is 0.976. The minimum atomic E-state index is 0.258. The number of nitrogen functional groups attached to an aromatic ring is 1. The molecule has 84 valence electrons. The van der Waals surface area contributed by atoms with E-state index < -0.39 is 0 Å². The van der Waals surface area contributed by atoms with Gasteiger partial charge in [0.25, 0.3) is 0 Å². The van der Waals surface area contributed by atoms with Crippen molar-refractivity contribution in [2.75, 3.05) is 17.3 Å². The molecular weight excluding hydrogens is 190 g/mol. The summed E-state index contributed by atoms with van der Waals surface area (Å²) in [6, 6.07) is 0. The average Bonchev–Trinajstić information content (AvgIpc) is 2.27. The number of hydrogen-bond donors (Lipinski definition) is 3. The van der Waals surface area contributed by atoms with Gasteiger partial charge in [0, 0.05) is 6.54 Å². The second-order valence-electron chi connectivity index (χ2n) is 4.31. The summed E-state index contributed by atoms with van der Waals surface area (Å²) in [6.45, 7) is 7.45. The second-order valence-corrected chi connectivity index (χ2v) is 4.31. The van der Waals surface area contributed by atoms with E-state index in [0.717, 1.165) is 18.8 Å². The largest absolute Gasteiger partial charge is 0.368 e. The number of nitrogens with zero attached hydrogens (tertiary/aromatic N) is 2. The Morgan fingerprint density at radius 3 is 2.60 bits per heavy atom. The maximum Gasteiger partial charge on any atom is 0.160 e. The molecule has 0 saturated carbocycles. The summed E-state index contributed by atoms with van der Waals surface area (Å²) < 4.78 is 0. The van der Waals surface area contributed by atoms with Gasteiger partial charge in [0.05, 0.1) is 12.4 Å². The zero-order valence-corrected chi connectivity index (χ0v) is 9.54. The molecular formula is C10H19N5. The molecule has 15 heavy (non-hydrogen) atoms. The zero-order chi connectivity index (χ0) is 11.3. The molecule has 1 rings (SSSR count). The standard InChI is InChI=1S/C10H19N5/c1-4-10(2,3)7-13-8-5-12-6-9(14-8)15-11/h5-6H,4,7,11H2,1-3H3,(H2,13,14,15). The maximum absolute atomic E-state index is 5.25. The third-order valence-electron chi connectivity index (χ3n) is 2.49. The van der Waals surface area contributed by atoms with Gasteiger partial charge in [-0.05, 0) is 11.8 Å². The summed E-state index contributed by atoms with van der Waals surface area (Å²) in [7, 11) is 0. The predicted octanol–water partition coefficient (Wildman–Crippen LogP) is 1.61. The van der Waals surface area contributed by atoms with Crippen LogP contribution >= 0.6 is 0 Å². The highest BCUT2D eigenvalue weighted by molar-refractivity contribution is 5.40. The molecule has 0 saturated heterocycles. The lowest BCUT2D eigenvalue weighted by Crippen LogP contribution is -2.22. The number of aromatic nitrogens is 2. The van der Waals surface area contributed by atoms with Crippen molar-refractivity contribution in [1.29, 1.82) is 0 Å². The van der Waals surface area contributed by atoms with Gasteiger partial charge in [0.15, 0.2) is 5.82 Å². The van der Waals surface area contributed by atoms with Gasteiger partial charge in [-0.2, -0.15) is 0 Å². The van der Waals surface area contributed by atoms with E-state index in [-0.39, 0.29) is 5.41 Å². The highest BCUT2D eigenvalue weighted by atomic mass is 15.3. The second kappa shape index (κ2) is 4.93. The van der Waals surface area contributed by atoms with E-state index in [2.05, 4.69) is 41.5 Å². The van der Waals surface area contributed by atoms with Crippen molar-refractivity contribution in [3.05, 3.63) is 12.4 Å². The molecule has 4 N–H and O–H groups in total. The molecule has 5 heteroatoms.